The summed E-state index contributed by atoms with van der Waals surface area (Å²) in [6, 6.07) is 6.14. The third kappa shape index (κ3) is 2.32. The molecule has 3 heterocycles. The van der Waals surface area contributed by atoms with Gasteiger partial charge in [-0.3, -0.25) is 9.97 Å². The molecule has 1 atom stereocenters. The summed E-state index contributed by atoms with van der Waals surface area (Å²) in [5, 5.41) is 0. The van der Waals surface area contributed by atoms with Crippen molar-refractivity contribution in [3.05, 3.63) is 48.7 Å². The summed E-state index contributed by atoms with van der Waals surface area (Å²) in [6.45, 7) is 2.04. The minimum absolute atomic E-state index is 0.502. The lowest BCUT2D eigenvalue weighted by Crippen LogP contribution is -2.35. The zero-order chi connectivity index (χ0) is 12.2. The summed E-state index contributed by atoms with van der Waals surface area (Å²) in [4.78, 5) is 15.3. The molecule has 92 valence electrons. The fourth-order valence-electron chi connectivity index (χ4n) is 2.50. The van der Waals surface area contributed by atoms with E-state index in [9.17, 15) is 0 Å². The van der Waals surface area contributed by atoms with E-state index in [1.54, 1.807) is 12.4 Å². The maximum absolute atomic E-state index is 4.47. The molecule has 4 heteroatoms. The zero-order valence-electron chi connectivity index (χ0n) is 10.2. The Labute approximate surface area is 107 Å². The second-order valence-electron chi connectivity index (χ2n) is 4.60. The maximum atomic E-state index is 4.47. The largest absolute Gasteiger partial charge is 0.355 e. The number of pyridine rings is 1. The van der Waals surface area contributed by atoms with Gasteiger partial charge in [0.15, 0.2) is 0 Å². The van der Waals surface area contributed by atoms with Crippen molar-refractivity contribution < 1.29 is 0 Å². The van der Waals surface area contributed by atoms with E-state index in [0.29, 0.717) is 5.92 Å². The molecule has 1 fully saturated rings. The van der Waals surface area contributed by atoms with Gasteiger partial charge in [-0.05, 0) is 25.0 Å². The van der Waals surface area contributed by atoms with Crippen LogP contribution in [0.25, 0.3) is 0 Å². The molecule has 0 amide bonds. The van der Waals surface area contributed by atoms with Crippen molar-refractivity contribution in [3.63, 3.8) is 0 Å². The van der Waals surface area contributed by atoms with Crippen LogP contribution in [0, 0.1) is 0 Å². The van der Waals surface area contributed by atoms with Crippen LogP contribution in [0.15, 0.2) is 43.0 Å². The molecule has 2 aromatic heterocycles. The first-order chi connectivity index (χ1) is 8.93. The Hall–Kier alpha value is -1.97. The molecule has 0 aromatic carbocycles. The van der Waals surface area contributed by atoms with E-state index in [0.717, 1.165) is 18.9 Å². The van der Waals surface area contributed by atoms with Gasteiger partial charge in [0, 0.05) is 43.3 Å². The van der Waals surface area contributed by atoms with Crippen molar-refractivity contribution in [2.24, 2.45) is 0 Å². The Balaban J connectivity index is 1.77. The lowest BCUT2D eigenvalue weighted by molar-refractivity contribution is 0.498. The van der Waals surface area contributed by atoms with Gasteiger partial charge in [0.05, 0.1) is 6.20 Å². The Morgan fingerprint density at radius 2 is 2.11 bits per heavy atom. The molecule has 1 unspecified atom stereocenters. The Kier molecular flexibility index (Phi) is 3.17. The van der Waals surface area contributed by atoms with Crippen molar-refractivity contribution >= 4 is 5.82 Å². The normalized spacial score (nSPS) is 19.8. The molecular weight excluding hydrogens is 224 g/mol. The minimum Gasteiger partial charge on any atom is -0.355 e. The summed E-state index contributed by atoms with van der Waals surface area (Å²) in [5.74, 6) is 1.47. The number of nitrogens with zero attached hydrogens (tertiary/aromatic N) is 4. The van der Waals surface area contributed by atoms with Crippen LogP contribution in [-0.4, -0.2) is 28.0 Å². The van der Waals surface area contributed by atoms with Gasteiger partial charge in [-0.25, -0.2) is 4.98 Å². The van der Waals surface area contributed by atoms with Crippen LogP contribution >= 0.6 is 0 Å². The van der Waals surface area contributed by atoms with Gasteiger partial charge in [-0.15, -0.1) is 0 Å². The fourth-order valence-corrected chi connectivity index (χ4v) is 2.50. The summed E-state index contributed by atoms with van der Waals surface area (Å²) < 4.78 is 0. The minimum atomic E-state index is 0.502. The zero-order valence-corrected chi connectivity index (χ0v) is 10.2. The first kappa shape index (κ1) is 11.1. The predicted molar refractivity (Wildman–Crippen MR) is 70.5 cm³/mol. The summed E-state index contributed by atoms with van der Waals surface area (Å²) in [5.41, 5.74) is 1.19. The van der Waals surface area contributed by atoms with Gasteiger partial charge in [0.1, 0.15) is 5.82 Å². The summed E-state index contributed by atoms with van der Waals surface area (Å²) >= 11 is 0. The average Bonchev–Trinajstić information content (AvgIpc) is 2.49. The fraction of sp³-hybridized carbons (Fsp3) is 0.357. The Bertz CT molecular complexity index is 440. The van der Waals surface area contributed by atoms with Gasteiger partial charge in [0.2, 0.25) is 0 Å². The molecule has 18 heavy (non-hydrogen) atoms. The van der Waals surface area contributed by atoms with Gasteiger partial charge >= 0.3 is 0 Å². The van der Waals surface area contributed by atoms with Gasteiger partial charge in [-0.1, -0.05) is 6.07 Å². The monoisotopic (exact) mass is 240 g/mol. The molecule has 0 spiro atoms. The molecule has 0 radical (unpaired) electrons. The first-order valence-electron chi connectivity index (χ1n) is 6.35. The number of anilines is 1. The lowest BCUT2D eigenvalue weighted by Gasteiger charge is -2.33. The Morgan fingerprint density at radius 1 is 1.11 bits per heavy atom. The molecule has 1 aliphatic heterocycles. The van der Waals surface area contributed by atoms with Crippen LogP contribution in [0.4, 0.5) is 5.82 Å². The highest BCUT2D eigenvalue weighted by Gasteiger charge is 2.22. The van der Waals surface area contributed by atoms with Crippen molar-refractivity contribution in [1.29, 1.82) is 0 Å². The van der Waals surface area contributed by atoms with Crippen LogP contribution in [0.5, 0.6) is 0 Å². The maximum Gasteiger partial charge on any atom is 0.147 e. The Morgan fingerprint density at radius 3 is 2.89 bits per heavy atom. The van der Waals surface area contributed by atoms with Crippen LogP contribution in [0.3, 0.4) is 0 Å². The van der Waals surface area contributed by atoms with E-state index in [1.807, 2.05) is 18.5 Å². The van der Waals surface area contributed by atoms with E-state index in [4.69, 9.17) is 0 Å². The molecule has 1 saturated heterocycles. The standard InChI is InChI=1S/C14H16N4/c1-2-6-16-13(5-1)12-4-3-9-18(11-12)14-10-15-7-8-17-14/h1-2,5-8,10,12H,3-4,9,11H2. The third-order valence-electron chi connectivity index (χ3n) is 3.40. The lowest BCUT2D eigenvalue weighted by atomic mass is 9.94. The molecule has 2 aromatic rings. The predicted octanol–water partition coefficient (Wildman–Crippen LogP) is 2.26. The third-order valence-corrected chi connectivity index (χ3v) is 3.40. The van der Waals surface area contributed by atoms with Crippen LogP contribution in [-0.2, 0) is 0 Å². The second kappa shape index (κ2) is 5.12. The van der Waals surface area contributed by atoms with Gasteiger partial charge in [0.25, 0.3) is 0 Å². The topological polar surface area (TPSA) is 41.9 Å². The SMILES string of the molecule is c1ccc(C2CCCN(c3cnccn3)C2)nc1. The number of piperidine rings is 1. The quantitative estimate of drug-likeness (QED) is 0.807. The van der Waals surface area contributed by atoms with E-state index in [2.05, 4.69) is 32.0 Å². The number of hydrogen-bond acceptors (Lipinski definition) is 4. The summed E-state index contributed by atoms with van der Waals surface area (Å²) in [7, 11) is 0. The van der Waals surface area contributed by atoms with Crippen LogP contribution in [0.2, 0.25) is 0 Å². The van der Waals surface area contributed by atoms with Crippen molar-refractivity contribution in [3.8, 4) is 0 Å². The van der Waals surface area contributed by atoms with Crippen LogP contribution < -0.4 is 4.90 Å². The van der Waals surface area contributed by atoms with Crippen LogP contribution in [0.1, 0.15) is 24.5 Å². The summed E-state index contributed by atoms with van der Waals surface area (Å²) in [6.07, 6.45) is 9.55. The number of hydrogen-bond donors (Lipinski definition) is 0. The van der Waals surface area contributed by atoms with Gasteiger partial charge < -0.3 is 4.90 Å². The highest BCUT2D eigenvalue weighted by molar-refractivity contribution is 5.36. The highest BCUT2D eigenvalue weighted by Crippen LogP contribution is 2.27. The van der Waals surface area contributed by atoms with E-state index in [1.165, 1.54) is 18.5 Å². The van der Waals surface area contributed by atoms with Crippen molar-refractivity contribution in [2.45, 2.75) is 18.8 Å². The average molecular weight is 240 g/mol. The molecule has 1 aliphatic rings. The number of rotatable bonds is 2. The highest BCUT2D eigenvalue weighted by atomic mass is 15.2. The van der Waals surface area contributed by atoms with E-state index < -0.39 is 0 Å². The molecule has 0 aliphatic carbocycles. The molecule has 0 saturated carbocycles. The van der Waals surface area contributed by atoms with E-state index in [-0.39, 0.29) is 0 Å². The molecule has 3 rings (SSSR count). The van der Waals surface area contributed by atoms with Gasteiger partial charge in [-0.2, -0.15) is 0 Å². The van der Waals surface area contributed by atoms with Crippen molar-refractivity contribution in [1.82, 2.24) is 15.0 Å². The second-order valence-corrected chi connectivity index (χ2v) is 4.60. The molecule has 4 nitrogen and oxygen atoms in total. The number of aromatic nitrogens is 3. The molecule has 0 bridgehead atoms. The molecular formula is C14H16N4. The first-order valence-corrected chi connectivity index (χ1v) is 6.35. The molecule has 0 N–H and O–H groups in total. The smallest absolute Gasteiger partial charge is 0.147 e. The van der Waals surface area contributed by atoms with Crippen molar-refractivity contribution in [2.75, 3.05) is 18.0 Å². The van der Waals surface area contributed by atoms with E-state index >= 15 is 0 Å².